The quantitative estimate of drug-likeness (QED) is 0.597. The van der Waals surface area contributed by atoms with Gasteiger partial charge in [0.1, 0.15) is 11.3 Å². The Morgan fingerprint density at radius 1 is 1.18 bits per heavy atom. The normalized spacial score (nSPS) is 14.5. The number of ether oxygens (including phenoxy) is 1. The van der Waals surface area contributed by atoms with Crippen molar-refractivity contribution in [2.75, 3.05) is 40.3 Å². The van der Waals surface area contributed by atoms with Gasteiger partial charge in [-0.15, -0.1) is 0 Å². The van der Waals surface area contributed by atoms with Gasteiger partial charge in [-0.1, -0.05) is 24.3 Å². The zero-order valence-electron chi connectivity index (χ0n) is 18.9. The van der Waals surface area contributed by atoms with Gasteiger partial charge in [-0.3, -0.25) is 14.4 Å². The van der Waals surface area contributed by atoms with Gasteiger partial charge >= 0.3 is 0 Å². The Balaban J connectivity index is 1.66. The Morgan fingerprint density at radius 3 is 2.45 bits per heavy atom. The van der Waals surface area contributed by atoms with Crippen molar-refractivity contribution in [1.82, 2.24) is 9.80 Å². The van der Waals surface area contributed by atoms with E-state index in [4.69, 9.17) is 9.15 Å². The third-order valence-corrected chi connectivity index (χ3v) is 6.12. The van der Waals surface area contributed by atoms with E-state index in [0.29, 0.717) is 29.6 Å². The highest BCUT2D eigenvalue weighted by Crippen LogP contribution is 2.36. The SMILES string of the molecule is COc1cc2c(=O)c(-c3ccc(CC(=O)N4CCN(C)CC4)cc3)c(C)oc2c(C=O)c1O. The lowest BCUT2D eigenvalue weighted by atomic mass is 9.99. The molecule has 0 spiro atoms. The van der Waals surface area contributed by atoms with Crippen LogP contribution in [0.1, 0.15) is 21.7 Å². The lowest BCUT2D eigenvalue weighted by molar-refractivity contribution is -0.132. The molecule has 33 heavy (non-hydrogen) atoms. The Hall–Kier alpha value is -3.65. The molecule has 1 aromatic heterocycles. The molecule has 0 unspecified atom stereocenters. The van der Waals surface area contributed by atoms with E-state index in [-0.39, 0.29) is 39.4 Å². The molecule has 2 aromatic carbocycles. The zero-order valence-corrected chi connectivity index (χ0v) is 18.9. The minimum absolute atomic E-state index is 0.0175. The van der Waals surface area contributed by atoms with Crippen LogP contribution in [-0.4, -0.2) is 67.4 Å². The number of carbonyl (C=O) groups excluding carboxylic acids is 2. The maximum absolute atomic E-state index is 13.3. The van der Waals surface area contributed by atoms with Crippen LogP contribution in [0, 0.1) is 6.92 Å². The summed E-state index contributed by atoms with van der Waals surface area (Å²) in [6.45, 7) is 4.84. The lowest BCUT2D eigenvalue weighted by Gasteiger charge is -2.32. The number of aryl methyl sites for hydroxylation is 1. The number of amides is 1. The standard InChI is InChI=1S/C25H26N2O6/c1-15-22(24(31)18-13-20(32-3)23(30)19(14-28)25(18)33-15)17-6-4-16(5-7-17)12-21(29)27-10-8-26(2)9-11-27/h4-7,13-14,30H,8-12H2,1-3H3. The van der Waals surface area contributed by atoms with Crippen molar-refractivity contribution in [1.29, 1.82) is 0 Å². The van der Waals surface area contributed by atoms with Crippen molar-refractivity contribution >= 4 is 23.2 Å². The number of hydrogen-bond acceptors (Lipinski definition) is 7. The number of phenolic OH excluding ortho intramolecular Hbond substituents is 1. The molecule has 0 radical (unpaired) electrons. The molecule has 3 aromatic rings. The summed E-state index contributed by atoms with van der Waals surface area (Å²) in [6, 6.07) is 8.61. The highest BCUT2D eigenvalue weighted by Gasteiger charge is 2.22. The van der Waals surface area contributed by atoms with Gasteiger partial charge in [0.25, 0.3) is 0 Å². The number of benzene rings is 2. The molecule has 1 aliphatic rings. The minimum Gasteiger partial charge on any atom is -0.504 e. The van der Waals surface area contributed by atoms with E-state index in [1.165, 1.54) is 13.2 Å². The van der Waals surface area contributed by atoms with Crippen molar-refractivity contribution in [3.8, 4) is 22.6 Å². The van der Waals surface area contributed by atoms with E-state index in [0.717, 1.165) is 31.7 Å². The number of nitrogens with zero attached hydrogens (tertiary/aromatic N) is 2. The van der Waals surface area contributed by atoms with Gasteiger partial charge in [0.05, 0.1) is 24.5 Å². The van der Waals surface area contributed by atoms with Crippen molar-refractivity contribution in [2.24, 2.45) is 0 Å². The third kappa shape index (κ3) is 4.21. The number of aromatic hydroxyl groups is 1. The van der Waals surface area contributed by atoms with Gasteiger partial charge in [0, 0.05) is 26.2 Å². The largest absolute Gasteiger partial charge is 0.504 e. The fraction of sp³-hybridized carbons (Fsp3) is 0.320. The number of likely N-dealkylation sites (N-methyl/N-ethyl adjacent to an activating group) is 1. The molecular weight excluding hydrogens is 424 g/mol. The Morgan fingerprint density at radius 2 is 1.85 bits per heavy atom. The van der Waals surface area contributed by atoms with E-state index in [1.54, 1.807) is 19.1 Å². The van der Waals surface area contributed by atoms with Crippen molar-refractivity contribution in [2.45, 2.75) is 13.3 Å². The summed E-state index contributed by atoms with van der Waals surface area (Å²) in [5.41, 5.74) is 1.40. The number of aldehydes is 1. The second kappa shape index (κ2) is 9.07. The average molecular weight is 450 g/mol. The molecular formula is C25H26N2O6. The van der Waals surface area contributed by atoms with Gasteiger partial charge in [-0.05, 0) is 31.2 Å². The molecule has 172 valence electrons. The van der Waals surface area contributed by atoms with E-state index in [1.807, 2.05) is 24.1 Å². The van der Waals surface area contributed by atoms with Crippen LogP contribution in [0.25, 0.3) is 22.1 Å². The Bertz CT molecular complexity index is 1270. The monoisotopic (exact) mass is 450 g/mol. The number of rotatable bonds is 5. The molecule has 0 saturated carbocycles. The molecule has 1 N–H and O–H groups in total. The molecule has 0 atom stereocenters. The van der Waals surface area contributed by atoms with Crippen molar-refractivity contribution in [3.05, 3.63) is 57.4 Å². The molecule has 4 rings (SSSR count). The summed E-state index contributed by atoms with van der Waals surface area (Å²) < 4.78 is 10.9. The summed E-state index contributed by atoms with van der Waals surface area (Å²) in [6.07, 6.45) is 0.739. The summed E-state index contributed by atoms with van der Waals surface area (Å²) in [7, 11) is 3.39. The first kappa shape index (κ1) is 22.5. The number of piperazine rings is 1. The smallest absolute Gasteiger partial charge is 0.227 e. The third-order valence-electron chi connectivity index (χ3n) is 6.12. The molecule has 1 fully saturated rings. The Labute approximate surface area is 191 Å². The van der Waals surface area contributed by atoms with Crippen LogP contribution in [0.15, 0.2) is 39.5 Å². The number of phenols is 1. The topological polar surface area (TPSA) is 100 Å². The van der Waals surface area contributed by atoms with Gasteiger partial charge in [0.15, 0.2) is 23.4 Å². The van der Waals surface area contributed by atoms with Gasteiger partial charge in [0.2, 0.25) is 11.3 Å². The summed E-state index contributed by atoms with van der Waals surface area (Å²) in [5.74, 6) is 0.0566. The predicted molar refractivity (Wildman–Crippen MR) is 124 cm³/mol. The van der Waals surface area contributed by atoms with Crippen LogP contribution in [-0.2, 0) is 11.2 Å². The van der Waals surface area contributed by atoms with E-state index in [2.05, 4.69) is 4.90 Å². The summed E-state index contributed by atoms with van der Waals surface area (Å²) in [4.78, 5) is 41.5. The minimum atomic E-state index is -0.371. The molecule has 2 heterocycles. The first-order chi connectivity index (χ1) is 15.8. The molecule has 1 aliphatic heterocycles. The van der Waals surface area contributed by atoms with Crippen LogP contribution in [0.4, 0.5) is 0 Å². The van der Waals surface area contributed by atoms with Gasteiger partial charge < -0.3 is 24.1 Å². The molecule has 1 saturated heterocycles. The van der Waals surface area contributed by atoms with Gasteiger partial charge in [-0.2, -0.15) is 0 Å². The van der Waals surface area contributed by atoms with Crippen LogP contribution in [0.2, 0.25) is 0 Å². The molecule has 8 nitrogen and oxygen atoms in total. The second-order valence-corrected chi connectivity index (χ2v) is 8.26. The van der Waals surface area contributed by atoms with Crippen LogP contribution in [0.3, 0.4) is 0 Å². The number of fused-ring (bicyclic) bond motifs is 1. The second-order valence-electron chi connectivity index (χ2n) is 8.26. The first-order valence-electron chi connectivity index (χ1n) is 10.7. The van der Waals surface area contributed by atoms with E-state index in [9.17, 15) is 19.5 Å². The summed E-state index contributed by atoms with van der Waals surface area (Å²) >= 11 is 0. The van der Waals surface area contributed by atoms with Gasteiger partial charge in [-0.25, -0.2) is 0 Å². The molecule has 1 amide bonds. The van der Waals surface area contributed by atoms with Crippen LogP contribution < -0.4 is 10.2 Å². The van der Waals surface area contributed by atoms with Crippen LogP contribution in [0.5, 0.6) is 11.5 Å². The fourth-order valence-corrected chi connectivity index (χ4v) is 4.16. The number of hydrogen-bond donors (Lipinski definition) is 1. The first-order valence-corrected chi connectivity index (χ1v) is 10.7. The van der Waals surface area contributed by atoms with Crippen molar-refractivity contribution < 1.29 is 23.8 Å². The predicted octanol–water partition coefficient (Wildman–Crippen LogP) is 2.61. The Kier molecular flexibility index (Phi) is 6.20. The number of carbonyl (C=O) groups is 2. The van der Waals surface area contributed by atoms with E-state index < -0.39 is 0 Å². The average Bonchev–Trinajstić information content (AvgIpc) is 2.80. The molecule has 8 heteroatoms. The van der Waals surface area contributed by atoms with E-state index >= 15 is 0 Å². The maximum atomic E-state index is 13.3. The molecule has 0 bridgehead atoms. The maximum Gasteiger partial charge on any atom is 0.227 e. The molecule has 0 aliphatic carbocycles. The lowest BCUT2D eigenvalue weighted by Crippen LogP contribution is -2.47. The zero-order chi connectivity index (χ0) is 23.7. The van der Waals surface area contributed by atoms with Crippen molar-refractivity contribution in [3.63, 3.8) is 0 Å². The fourth-order valence-electron chi connectivity index (χ4n) is 4.16. The van der Waals surface area contributed by atoms with Crippen LogP contribution >= 0.6 is 0 Å². The number of methoxy groups -OCH3 is 1. The highest BCUT2D eigenvalue weighted by atomic mass is 16.5. The summed E-state index contributed by atoms with van der Waals surface area (Å²) in [5, 5.41) is 10.4. The highest BCUT2D eigenvalue weighted by molar-refractivity contribution is 6.00.